The van der Waals surface area contributed by atoms with Crippen molar-refractivity contribution in [2.75, 3.05) is 13.2 Å². The summed E-state index contributed by atoms with van der Waals surface area (Å²) in [6.07, 6.45) is 71.1. The summed E-state index contributed by atoms with van der Waals surface area (Å²) in [6, 6.07) is 0. The molecule has 1 atom stereocenters. The zero-order valence-electron chi connectivity index (χ0n) is 39.9. The number of ether oxygens (including phenoxy) is 2. The zero-order valence-corrected chi connectivity index (χ0v) is 39.9. The van der Waals surface area contributed by atoms with Gasteiger partial charge in [0.25, 0.3) is 0 Å². The number of esters is 2. The maximum atomic E-state index is 12.2. The highest BCUT2D eigenvalue weighted by Crippen LogP contribution is 2.16. The Balaban J connectivity index is 3.59. The van der Waals surface area contributed by atoms with Gasteiger partial charge in [0.1, 0.15) is 6.61 Å². The minimum Gasteiger partial charge on any atom is -0.462 e. The number of rotatable bonds is 46. The Labute approximate surface area is 377 Å². The minimum atomic E-state index is -0.806. The topological polar surface area (TPSA) is 72.8 Å². The highest BCUT2D eigenvalue weighted by atomic mass is 16.6. The summed E-state index contributed by atoms with van der Waals surface area (Å²) in [5, 5.41) is 9.62. The van der Waals surface area contributed by atoms with E-state index in [9.17, 15) is 14.7 Å². The van der Waals surface area contributed by atoms with Crippen LogP contribution in [0.4, 0.5) is 0 Å². The summed E-state index contributed by atoms with van der Waals surface area (Å²) in [5.74, 6) is -0.657. The molecule has 0 aromatic heterocycles. The van der Waals surface area contributed by atoms with E-state index in [0.717, 1.165) is 70.6 Å². The molecule has 0 aliphatic carbocycles. The van der Waals surface area contributed by atoms with Crippen molar-refractivity contribution in [2.45, 2.75) is 245 Å². The summed E-state index contributed by atoms with van der Waals surface area (Å²) in [4.78, 5) is 24.4. The first-order valence-electron chi connectivity index (χ1n) is 25.6. The van der Waals surface area contributed by atoms with E-state index in [4.69, 9.17) is 9.47 Å². The van der Waals surface area contributed by atoms with Gasteiger partial charge < -0.3 is 14.6 Å². The standard InChI is InChI=1S/C56H96O5/c1-3-5-7-9-11-13-15-17-19-21-23-25-27-29-30-32-34-36-38-40-42-44-46-48-50-55(58)60-53-54(52-57)61-56(59)51-49-47-45-43-41-39-37-35-33-31-28-26-24-22-20-18-16-14-12-10-8-6-4-2/h6,8,12,14,18,20,24,26,31,33,37,39,43,45,54,57H,3-5,7,9-11,13,15-17,19,21-23,25,27-30,32,34-36,38,40-42,44,46-53H2,1-2H3/b8-6-,14-12-,20-18-,26-24-,33-31-,39-37-,45-43-. The van der Waals surface area contributed by atoms with Gasteiger partial charge in [0, 0.05) is 12.8 Å². The van der Waals surface area contributed by atoms with Gasteiger partial charge in [-0.05, 0) is 64.2 Å². The van der Waals surface area contributed by atoms with Crippen molar-refractivity contribution < 1.29 is 24.2 Å². The molecule has 0 aliphatic heterocycles. The predicted octanol–water partition coefficient (Wildman–Crippen LogP) is 17.0. The molecule has 0 fully saturated rings. The average molecular weight is 849 g/mol. The second kappa shape index (κ2) is 51.4. The normalized spacial score (nSPS) is 12.9. The van der Waals surface area contributed by atoms with Crippen LogP contribution in [0.15, 0.2) is 85.1 Å². The highest BCUT2D eigenvalue weighted by molar-refractivity contribution is 5.70. The van der Waals surface area contributed by atoms with Crippen LogP contribution in [0.3, 0.4) is 0 Å². The van der Waals surface area contributed by atoms with Crippen LogP contribution in [0.25, 0.3) is 0 Å². The van der Waals surface area contributed by atoms with E-state index < -0.39 is 6.10 Å². The van der Waals surface area contributed by atoms with E-state index in [1.54, 1.807) is 0 Å². The van der Waals surface area contributed by atoms with Crippen molar-refractivity contribution >= 4 is 11.9 Å². The van der Waals surface area contributed by atoms with E-state index in [1.165, 1.54) is 135 Å². The fourth-order valence-electron chi connectivity index (χ4n) is 7.13. The molecular formula is C56H96O5. The fourth-order valence-corrected chi connectivity index (χ4v) is 7.13. The van der Waals surface area contributed by atoms with E-state index in [1.807, 2.05) is 0 Å². The van der Waals surface area contributed by atoms with Gasteiger partial charge in [-0.1, -0.05) is 247 Å². The third-order valence-electron chi connectivity index (χ3n) is 11.0. The van der Waals surface area contributed by atoms with Crippen molar-refractivity contribution in [2.24, 2.45) is 0 Å². The largest absolute Gasteiger partial charge is 0.462 e. The molecule has 0 bridgehead atoms. The zero-order chi connectivity index (χ0) is 44.2. The molecule has 61 heavy (non-hydrogen) atoms. The molecule has 0 heterocycles. The molecule has 0 rings (SSSR count). The van der Waals surface area contributed by atoms with Crippen LogP contribution in [0.5, 0.6) is 0 Å². The van der Waals surface area contributed by atoms with E-state index in [0.29, 0.717) is 12.8 Å². The molecule has 0 aromatic carbocycles. The third-order valence-corrected chi connectivity index (χ3v) is 11.0. The summed E-state index contributed by atoms with van der Waals surface area (Å²) >= 11 is 0. The van der Waals surface area contributed by atoms with Crippen molar-refractivity contribution in [1.82, 2.24) is 0 Å². The Morgan fingerprint density at radius 1 is 0.393 bits per heavy atom. The smallest absolute Gasteiger partial charge is 0.306 e. The van der Waals surface area contributed by atoms with Gasteiger partial charge in [-0.3, -0.25) is 9.59 Å². The van der Waals surface area contributed by atoms with Crippen LogP contribution in [-0.2, 0) is 19.1 Å². The van der Waals surface area contributed by atoms with E-state index in [-0.39, 0.29) is 31.6 Å². The van der Waals surface area contributed by atoms with Crippen LogP contribution in [0.2, 0.25) is 0 Å². The van der Waals surface area contributed by atoms with Crippen molar-refractivity contribution in [1.29, 1.82) is 0 Å². The van der Waals surface area contributed by atoms with Gasteiger partial charge in [-0.2, -0.15) is 0 Å². The van der Waals surface area contributed by atoms with Gasteiger partial charge in [0.15, 0.2) is 6.10 Å². The van der Waals surface area contributed by atoms with Crippen LogP contribution in [0.1, 0.15) is 239 Å². The van der Waals surface area contributed by atoms with Gasteiger partial charge in [0.05, 0.1) is 6.61 Å². The molecule has 0 radical (unpaired) electrons. The molecule has 0 saturated heterocycles. The molecular weight excluding hydrogens is 753 g/mol. The summed E-state index contributed by atoms with van der Waals surface area (Å²) in [7, 11) is 0. The van der Waals surface area contributed by atoms with Gasteiger partial charge in [0.2, 0.25) is 0 Å². The lowest BCUT2D eigenvalue weighted by atomic mass is 10.0. The summed E-state index contributed by atoms with van der Waals surface area (Å²) in [5.41, 5.74) is 0. The quantitative estimate of drug-likeness (QED) is 0.0375. The maximum Gasteiger partial charge on any atom is 0.306 e. The van der Waals surface area contributed by atoms with Crippen molar-refractivity contribution in [3.05, 3.63) is 85.1 Å². The van der Waals surface area contributed by atoms with E-state index in [2.05, 4.69) is 98.9 Å². The number of allylic oxidation sites excluding steroid dienone is 14. The Bertz CT molecular complexity index is 1140. The molecule has 1 N–H and O–H groups in total. The number of carbonyl (C=O) groups excluding carboxylic acids is 2. The molecule has 5 heteroatoms. The number of aliphatic hydroxyl groups excluding tert-OH is 1. The van der Waals surface area contributed by atoms with Crippen molar-refractivity contribution in [3.63, 3.8) is 0 Å². The minimum absolute atomic E-state index is 0.0909. The Morgan fingerprint density at radius 3 is 1.05 bits per heavy atom. The SMILES string of the molecule is CC/C=C\C/C=C\C/C=C\C/C=C\C/C=C\C/C=C\C/C=C\CCCC(=O)OC(CO)COC(=O)CCCCCCCCCCCCCCCCCCCCCCCCCC. The molecule has 350 valence electrons. The number of hydrogen-bond donors (Lipinski definition) is 1. The second-order valence-corrected chi connectivity index (χ2v) is 16.9. The van der Waals surface area contributed by atoms with Gasteiger partial charge in [-0.15, -0.1) is 0 Å². The Kier molecular flexibility index (Phi) is 49.0. The number of aliphatic hydroxyl groups is 1. The first kappa shape index (κ1) is 58.1. The van der Waals surface area contributed by atoms with Crippen molar-refractivity contribution in [3.8, 4) is 0 Å². The molecule has 1 unspecified atom stereocenters. The Hall–Kier alpha value is -2.92. The lowest BCUT2D eigenvalue weighted by molar-refractivity contribution is -0.161. The molecule has 0 spiro atoms. The first-order valence-corrected chi connectivity index (χ1v) is 25.6. The summed E-state index contributed by atoms with van der Waals surface area (Å²) in [6.45, 7) is 4.00. The molecule has 5 nitrogen and oxygen atoms in total. The molecule has 0 aliphatic rings. The molecule has 0 aromatic rings. The third kappa shape index (κ3) is 49.6. The average Bonchev–Trinajstić information content (AvgIpc) is 3.26. The number of carbonyl (C=O) groups is 2. The highest BCUT2D eigenvalue weighted by Gasteiger charge is 2.16. The Morgan fingerprint density at radius 2 is 0.705 bits per heavy atom. The van der Waals surface area contributed by atoms with Crippen LogP contribution in [0, 0.1) is 0 Å². The fraction of sp³-hybridized carbons (Fsp3) is 0.714. The number of hydrogen-bond acceptors (Lipinski definition) is 5. The lowest BCUT2D eigenvalue weighted by Crippen LogP contribution is -2.28. The van der Waals surface area contributed by atoms with Crippen LogP contribution < -0.4 is 0 Å². The summed E-state index contributed by atoms with van der Waals surface area (Å²) < 4.78 is 10.6. The monoisotopic (exact) mass is 849 g/mol. The van der Waals surface area contributed by atoms with Gasteiger partial charge >= 0.3 is 11.9 Å². The van der Waals surface area contributed by atoms with Crippen LogP contribution in [-0.4, -0.2) is 36.4 Å². The second-order valence-electron chi connectivity index (χ2n) is 16.9. The van der Waals surface area contributed by atoms with Gasteiger partial charge in [-0.25, -0.2) is 0 Å². The van der Waals surface area contributed by atoms with Crippen LogP contribution >= 0.6 is 0 Å². The maximum absolute atomic E-state index is 12.2. The molecule has 0 amide bonds. The lowest BCUT2D eigenvalue weighted by Gasteiger charge is -2.15. The molecule has 0 saturated carbocycles. The first-order chi connectivity index (χ1) is 30.1. The predicted molar refractivity (Wildman–Crippen MR) is 265 cm³/mol. The van der Waals surface area contributed by atoms with E-state index >= 15 is 0 Å². The number of unbranched alkanes of at least 4 members (excludes halogenated alkanes) is 24.